The Labute approximate surface area is 141 Å². The Bertz CT molecular complexity index is 644. The molecule has 0 bridgehead atoms. The molecule has 1 aromatic heterocycles. The molecule has 1 saturated heterocycles. The van der Waals surface area contributed by atoms with E-state index in [2.05, 4.69) is 40.1 Å². The van der Waals surface area contributed by atoms with Crippen molar-refractivity contribution in [3.8, 4) is 0 Å². The minimum Gasteiger partial charge on any atom is -0.326 e. The number of hydrogen-bond acceptors (Lipinski definition) is 5. The minimum absolute atomic E-state index is 0.0605. The molecule has 0 radical (unpaired) electrons. The van der Waals surface area contributed by atoms with E-state index in [4.69, 9.17) is 0 Å². The van der Waals surface area contributed by atoms with E-state index in [0.717, 1.165) is 17.7 Å². The first-order chi connectivity index (χ1) is 11.6. The zero-order valence-electron chi connectivity index (χ0n) is 14.1. The van der Waals surface area contributed by atoms with Crippen LogP contribution in [0.3, 0.4) is 0 Å². The van der Waals surface area contributed by atoms with Gasteiger partial charge in [-0.15, -0.1) is 0 Å². The number of nitrogens with one attached hydrogen (secondary N) is 3. The van der Waals surface area contributed by atoms with E-state index in [-0.39, 0.29) is 5.91 Å². The molecular weight excluding hydrogens is 304 g/mol. The Balaban J connectivity index is 1.47. The van der Waals surface area contributed by atoms with Crippen molar-refractivity contribution >= 4 is 11.6 Å². The van der Waals surface area contributed by atoms with Gasteiger partial charge >= 0.3 is 0 Å². The first kappa shape index (κ1) is 16.6. The third-order valence-corrected chi connectivity index (χ3v) is 4.58. The first-order valence-electron chi connectivity index (χ1n) is 8.34. The fraction of sp³-hybridized carbons (Fsp3) is 0.471. The Morgan fingerprint density at radius 3 is 2.54 bits per heavy atom. The van der Waals surface area contributed by atoms with Crippen molar-refractivity contribution in [2.75, 3.05) is 5.32 Å². The maximum absolute atomic E-state index is 12.1. The second-order valence-corrected chi connectivity index (χ2v) is 6.41. The van der Waals surface area contributed by atoms with Crippen LogP contribution in [0.1, 0.15) is 32.3 Å². The molecule has 1 aliphatic heterocycles. The smallest absolute Gasteiger partial charge is 0.224 e. The number of carbonyl (C=O) groups is 1. The van der Waals surface area contributed by atoms with Crippen molar-refractivity contribution < 1.29 is 4.79 Å². The van der Waals surface area contributed by atoms with Gasteiger partial charge in [0.2, 0.25) is 5.91 Å². The highest BCUT2D eigenvalue weighted by atomic mass is 16.1. The molecule has 2 aromatic rings. The highest BCUT2D eigenvalue weighted by Gasteiger charge is 2.29. The molecule has 128 valence electrons. The van der Waals surface area contributed by atoms with Gasteiger partial charge in [0, 0.05) is 24.2 Å². The van der Waals surface area contributed by atoms with Crippen LogP contribution < -0.4 is 16.2 Å². The lowest BCUT2D eigenvalue weighted by Crippen LogP contribution is -2.30. The summed E-state index contributed by atoms with van der Waals surface area (Å²) in [5, 5.41) is 7.05. The van der Waals surface area contributed by atoms with Crippen molar-refractivity contribution in [3.63, 3.8) is 0 Å². The summed E-state index contributed by atoms with van der Waals surface area (Å²) in [6, 6.07) is 8.62. The minimum atomic E-state index is 0.0605. The Morgan fingerprint density at radius 1 is 1.21 bits per heavy atom. The summed E-state index contributed by atoms with van der Waals surface area (Å²) >= 11 is 0. The molecule has 1 amide bonds. The number of hydrazine groups is 1. The van der Waals surface area contributed by atoms with Crippen LogP contribution in [0.2, 0.25) is 0 Å². The standard InChI is InChI=1S/C17H24N6O/c1-12-16(13(2)22-21-12)7-8-17(24)20-15-5-3-14(4-6-15)9-23-11-18-10-19-23/h3-6,10-13,16,21-22H,7-9H2,1-2H3,(H,20,24). The van der Waals surface area contributed by atoms with Gasteiger partial charge in [0.1, 0.15) is 12.7 Å². The van der Waals surface area contributed by atoms with E-state index < -0.39 is 0 Å². The lowest BCUT2D eigenvalue weighted by atomic mass is 9.91. The van der Waals surface area contributed by atoms with E-state index in [1.807, 2.05) is 24.3 Å². The Kier molecular flexibility index (Phi) is 5.22. The van der Waals surface area contributed by atoms with Crippen molar-refractivity contribution in [3.05, 3.63) is 42.5 Å². The summed E-state index contributed by atoms with van der Waals surface area (Å²) in [7, 11) is 0. The first-order valence-corrected chi connectivity index (χ1v) is 8.34. The molecule has 1 fully saturated rings. The average molecular weight is 328 g/mol. The molecule has 1 aliphatic rings. The fourth-order valence-corrected chi connectivity index (χ4v) is 3.13. The topological polar surface area (TPSA) is 83.9 Å². The molecule has 2 unspecified atom stereocenters. The van der Waals surface area contributed by atoms with Crippen LogP contribution in [-0.4, -0.2) is 32.8 Å². The normalized spacial score (nSPS) is 23.3. The van der Waals surface area contributed by atoms with Gasteiger partial charge in [-0.3, -0.25) is 15.6 Å². The summed E-state index contributed by atoms with van der Waals surface area (Å²) in [4.78, 5) is 16.1. The summed E-state index contributed by atoms with van der Waals surface area (Å²) < 4.78 is 1.76. The average Bonchev–Trinajstić information content (AvgIpc) is 3.18. The number of aromatic nitrogens is 3. The predicted octanol–water partition coefficient (Wildman–Crippen LogP) is 1.55. The molecular formula is C17H24N6O. The summed E-state index contributed by atoms with van der Waals surface area (Å²) in [5.41, 5.74) is 8.39. The fourth-order valence-electron chi connectivity index (χ4n) is 3.13. The number of benzene rings is 1. The monoisotopic (exact) mass is 328 g/mol. The number of anilines is 1. The molecule has 2 atom stereocenters. The highest BCUT2D eigenvalue weighted by Crippen LogP contribution is 2.20. The van der Waals surface area contributed by atoms with Crippen molar-refractivity contribution in [1.29, 1.82) is 0 Å². The summed E-state index contributed by atoms with van der Waals surface area (Å²) in [5.74, 6) is 0.533. The number of carbonyl (C=O) groups excluding carboxylic acids is 1. The van der Waals surface area contributed by atoms with E-state index >= 15 is 0 Å². The predicted molar refractivity (Wildman–Crippen MR) is 92.1 cm³/mol. The van der Waals surface area contributed by atoms with Crippen LogP contribution >= 0.6 is 0 Å². The number of amides is 1. The van der Waals surface area contributed by atoms with Gasteiger partial charge in [-0.1, -0.05) is 12.1 Å². The molecule has 24 heavy (non-hydrogen) atoms. The third-order valence-electron chi connectivity index (χ3n) is 4.58. The third kappa shape index (κ3) is 4.18. The van der Waals surface area contributed by atoms with Crippen LogP contribution in [0.5, 0.6) is 0 Å². The largest absolute Gasteiger partial charge is 0.326 e. The molecule has 7 nitrogen and oxygen atoms in total. The Hall–Kier alpha value is -2.25. The van der Waals surface area contributed by atoms with Gasteiger partial charge in [-0.25, -0.2) is 9.67 Å². The second kappa shape index (κ2) is 7.55. The number of hydrogen-bond donors (Lipinski definition) is 3. The van der Waals surface area contributed by atoms with Crippen LogP contribution in [0.25, 0.3) is 0 Å². The van der Waals surface area contributed by atoms with Gasteiger partial charge in [-0.2, -0.15) is 5.10 Å². The lowest BCUT2D eigenvalue weighted by molar-refractivity contribution is -0.116. The molecule has 0 spiro atoms. The quantitative estimate of drug-likeness (QED) is 0.749. The van der Waals surface area contributed by atoms with Crippen molar-refractivity contribution in [2.45, 2.75) is 45.3 Å². The van der Waals surface area contributed by atoms with E-state index in [0.29, 0.717) is 31.0 Å². The maximum atomic E-state index is 12.1. The summed E-state index contributed by atoms with van der Waals surface area (Å²) in [6.45, 7) is 4.96. The van der Waals surface area contributed by atoms with Crippen molar-refractivity contribution in [2.24, 2.45) is 5.92 Å². The van der Waals surface area contributed by atoms with E-state index in [9.17, 15) is 4.79 Å². The zero-order valence-corrected chi connectivity index (χ0v) is 14.1. The number of nitrogens with zero attached hydrogens (tertiary/aromatic N) is 3. The van der Waals surface area contributed by atoms with E-state index in [1.165, 1.54) is 6.33 Å². The van der Waals surface area contributed by atoms with E-state index in [1.54, 1.807) is 11.0 Å². The molecule has 3 rings (SSSR count). The molecule has 0 aliphatic carbocycles. The molecule has 1 aromatic carbocycles. The summed E-state index contributed by atoms with van der Waals surface area (Å²) in [6.07, 6.45) is 4.61. The van der Waals surface area contributed by atoms with Gasteiger partial charge in [0.05, 0.1) is 6.54 Å². The van der Waals surface area contributed by atoms with Crippen molar-refractivity contribution in [1.82, 2.24) is 25.6 Å². The van der Waals surface area contributed by atoms with Gasteiger partial charge in [-0.05, 0) is 43.9 Å². The highest BCUT2D eigenvalue weighted by molar-refractivity contribution is 5.90. The molecule has 0 saturated carbocycles. The molecule has 2 heterocycles. The van der Waals surface area contributed by atoms with Gasteiger partial charge < -0.3 is 5.32 Å². The molecule has 7 heteroatoms. The second-order valence-electron chi connectivity index (χ2n) is 6.41. The van der Waals surface area contributed by atoms with Gasteiger partial charge in [0.15, 0.2) is 0 Å². The van der Waals surface area contributed by atoms with Crippen LogP contribution in [0, 0.1) is 5.92 Å². The SMILES string of the molecule is CC1NNC(C)C1CCC(=O)Nc1ccc(Cn2cncn2)cc1. The number of rotatable bonds is 6. The van der Waals surface area contributed by atoms with Crippen LogP contribution in [0.15, 0.2) is 36.9 Å². The Morgan fingerprint density at radius 2 is 1.92 bits per heavy atom. The molecule has 3 N–H and O–H groups in total. The van der Waals surface area contributed by atoms with Crippen LogP contribution in [0.4, 0.5) is 5.69 Å². The zero-order chi connectivity index (χ0) is 16.9. The maximum Gasteiger partial charge on any atom is 0.224 e. The lowest BCUT2D eigenvalue weighted by Gasteiger charge is -2.17. The van der Waals surface area contributed by atoms with Gasteiger partial charge in [0.25, 0.3) is 0 Å². The van der Waals surface area contributed by atoms with Crippen LogP contribution in [-0.2, 0) is 11.3 Å².